The summed E-state index contributed by atoms with van der Waals surface area (Å²) in [6.45, 7) is 1.76. The van der Waals surface area contributed by atoms with E-state index in [1.54, 1.807) is 6.07 Å². The second kappa shape index (κ2) is 8.26. The number of halogens is 1. The van der Waals surface area contributed by atoms with Crippen LogP contribution in [-0.2, 0) is 4.79 Å². The molecule has 4 heteroatoms. The topological polar surface area (TPSA) is 32.3 Å². The van der Waals surface area contributed by atoms with Gasteiger partial charge in [-0.3, -0.25) is 4.79 Å². The van der Waals surface area contributed by atoms with Crippen LogP contribution in [0.15, 0.2) is 78.9 Å². The van der Waals surface area contributed by atoms with Crippen LogP contribution in [0.3, 0.4) is 0 Å². The van der Waals surface area contributed by atoms with Crippen LogP contribution >= 0.6 is 0 Å². The highest BCUT2D eigenvalue weighted by molar-refractivity contribution is 6.00. The van der Waals surface area contributed by atoms with Gasteiger partial charge in [0.2, 0.25) is 5.91 Å². The highest BCUT2D eigenvalue weighted by Crippen LogP contribution is 2.33. The molecule has 0 bridgehead atoms. The SMILES string of the molecule is O=C(Nc1c(F)cccc1N1CCCC1)C(c1ccccc1)c1ccccc1. The molecular formula is C24H23FN2O. The molecule has 0 aliphatic carbocycles. The third kappa shape index (κ3) is 3.77. The van der Waals surface area contributed by atoms with Crippen molar-refractivity contribution in [3.8, 4) is 0 Å². The molecule has 0 spiro atoms. The van der Waals surface area contributed by atoms with Crippen molar-refractivity contribution >= 4 is 17.3 Å². The fourth-order valence-corrected chi connectivity index (χ4v) is 3.84. The Bertz CT molecular complexity index is 898. The van der Waals surface area contributed by atoms with Crippen LogP contribution in [0.1, 0.15) is 29.9 Å². The lowest BCUT2D eigenvalue weighted by Crippen LogP contribution is -2.25. The number of carbonyl (C=O) groups excluding carboxylic acids is 1. The predicted octanol–water partition coefficient (Wildman–Crippen LogP) is 5.20. The van der Waals surface area contributed by atoms with E-state index in [9.17, 15) is 9.18 Å². The van der Waals surface area contributed by atoms with E-state index < -0.39 is 11.7 Å². The smallest absolute Gasteiger partial charge is 0.236 e. The Kier molecular flexibility index (Phi) is 5.38. The maximum Gasteiger partial charge on any atom is 0.236 e. The van der Waals surface area contributed by atoms with Crippen LogP contribution in [0.2, 0.25) is 0 Å². The van der Waals surface area contributed by atoms with Gasteiger partial charge in [-0.25, -0.2) is 4.39 Å². The van der Waals surface area contributed by atoms with Crippen molar-refractivity contribution in [2.24, 2.45) is 0 Å². The van der Waals surface area contributed by atoms with Crippen LogP contribution < -0.4 is 10.2 Å². The molecule has 3 nitrogen and oxygen atoms in total. The minimum atomic E-state index is -0.506. The summed E-state index contributed by atoms with van der Waals surface area (Å²) in [5, 5.41) is 2.90. The zero-order chi connectivity index (χ0) is 19.3. The van der Waals surface area contributed by atoms with Crippen LogP contribution in [0.25, 0.3) is 0 Å². The van der Waals surface area contributed by atoms with Crippen molar-refractivity contribution in [1.82, 2.24) is 0 Å². The van der Waals surface area contributed by atoms with Gasteiger partial charge in [-0.05, 0) is 36.1 Å². The molecule has 1 fully saturated rings. The second-order valence-electron chi connectivity index (χ2n) is 7.07. The molecule has 4 rings (SSSR count). The molecule has 1 saturated heterocycles. The molecule has 3 aromatic rings. The molecule has 0 radical (unpaired) electrons. The van der Waals surface area contributed by atoms with E-state index >= 15 is 0 Å². The lowest BCUT2D eigenvalue weighted by atomic mass is 9.90. The summed E-state index contributed by atoms with van der Waals surface area (Å²) in [4.78, 5) is 15.5. The van der Waals surface area contributed by atoms with Crippen molar-refractivity contribution < 1.29 is 9.18 Å². The van der Waals surface area contributed by atoms with Gasteiger partial charge in [-0.15, -0.1) is 0 Å². The number of nitrogens with one attached hydrogen (secondary N) is 1. The maximum atomic E-state index is 14.7. The first-order valence-electron chi connectivity index (χ1n) is 9.68. The van der Waals surface area contributed by atoms with Gasteiger partial charge in [0.1, 0.15) is 11.5 Å². The van der Waals surface area contributed by atoms with E-state index in [-0.39, 0.29) is 11.6 Å². The molecular weight excluding hydrogens is 351 g/mol. The highest BCUT2D eigenvalue weighted by Gasteiger charge is 2.26. The average molecular weight is 374 g/mol. The number of rotatable bonds is 5. The third-order valence-electron chi connectivity index (χ3n) is 5.21. The summed E-state index contributed by atoms with van der Waals surface area (Å²) in [7, 11) is 0. The molecule has 0 atom stereocenters. The van der Waals surface area contributed by atoms with Gasteiger partial charge >= 0.3 is 0 Å². The summed E-state index contributed by atoms with van der Waals surface area (Å²) in [5.41, 5.74) is 2.78. The molecule has 1 heterocycles. The van der Waals surface area contributed by atoms with Crippen molar-refractivity contribution in [1.29, 1.82) is 0 Å². The number of carbonyl (C=O) groups is 1. The number of nitrogens with zero attached hydrogens (tertiary/aromatic N) is 1. The summed E-state index contributed by atoms with van der Waals surface area (Å²) < 4.78 is 14.7. The predicted molar refractivity (Wildman–Crippen MR) is 111 cm³/mol. The van der Waals surface area contributed by atoms with Gasteiger partial charge in [0, 0.05) is 13.1 Å². The molecule has 1 N–H and O–H groups in total. The van der Waals surface area contributed by atoms with Crippen molar-refractivity contribution in [2.75, 3.05) is 23.3 Å². The summed E-state index contributed by atoms with van der Waals surface area (Å²) >= 11 is 0. The lowest BCUT2D eigenvalue weighted by molar-refractivity contribution is -0.116. The summed E-state index contributed by atoms with van der Waals surface area (Å²) in [5.74, 6) is -1.14. The molecule has 1 amide bonds. The Balaban J connectivity index is 1.70. The molecule has 0 unspecified atom stereocenters. The molecule has 0 saturated carbocycles. The van der Waals surface area contributed by atoms with E-state index in [1.165, 1.54) is 6.07 Å². The molecule has 28 heavy (non-hydrogen) atoms. The van der Waals surface area contributed by atoms with E-state index in [2.05, 4.69) is 10.2 Å². The quantitative estimate of drug-likeness (QED) is 0.666. The molecule has 1 aliphatic heterocycles. The fraction of sp³-hybridized carbons (Fsp3) is 0.208. The minimum Gasteiger partial charge on any atom is -0.370 e. The van der Waals surface area contributed by atoms with Gasteiger partial charge in [0.25, 0.3) is 0 Å². The van der Waals surface area contributed by atoms with Crippen molar-refractivity contribution in [3.05, 3.63) is 95.8 Å². The number of para-hydroxylation sites is 1. The first kappa shape index (κ1) is 18.2. The maximum absolute atomic E-state index is 14.7. The molecule has 0 aromatic heterocycles. The van der Waals surface area contributed by atoms with Gasteiger partial charge in [-0.2, -0.15) is 0 Å². The third-order valence-corrected chi connectivity index (χ3v) is 5.21. The number of benzene rings is 3. The van der Waals surface area contributed by atoms with E-state index in [0.717, 1.165) is 42.7 Å². The molecule has 142 valence electrons. The van der Waals surface area contributed by atoms with Gasteiger partial charge in [0.15, 0.2) is 0 Å². The lowest BCUT2D eigenvalue weighted by Gasteiger charge is -2.24. The monoisotopic (exact) mass is 374 g/mol. The number of hydrogen-bond donors (Lipinski definition) is 1. The normalized spacial score (nSPS) is 13.7. The Hall–Kier alpha value is -3.14. The van der Waals surface area contributed by atoms with Crippen molar-refractivity contribution in [2.45, 2.75) is 18.8 Å². The van der Waals surface area contributed by atoms with Crippen LogP contribution in [0.5, 0.6) is 0 Å². The number of amides is 1. The Morgan fingerprint density at radius 1 is 0.821 bits per heavy atom. The number of hydrogen-bond acceptors (Lipinski definition) is 2. The van der Waals surface area contributed by atoms with Crippen LogP contribution in [0, 0.1) is 5.82 Å². The van der Waals surface area contributed by atoms with Gasteiger partial charge in [-0.1, -0.05) is 66.7 Å². The average Bonchev–Trinajstić information content (AvgIpc) is 3.26. The first-order chi connectivity index (χ1) is 13.7. The zero-order valence-electron chi connectivity index (χ0n) is 15.6. The van der Waals surface area contributed by atoms with Gasteiger partial charge in [0.05, 0.1) is 11.6 Å². The Labute approximate surface area is 164 Å². The van der Waals surface area contributed by atoms with E-state index in [4.69, 9.17) is 0 Å². The fourth-order valence-electron chi connectivity index (χ4n) is 3.84. The standard InChI is InChI=1S/C24H23FN2O/c25-20-14-9-15-21(27-16-7-8-17-27)23(20)26-24(28)22(18-10-3-1-4-11-18)19-12-5-2-6-13-19/h1-6,9-15,22H,7-8,16-17H2,(H,26,28). The largest absolute Gasteiger partial charge is 0.370 e. The Morgan fingerprint density at radius 2 is 1.39 bits per heavy atom. The first-order valence-corrected chi connectivity index (χ1v) is 9.68. The van der Waals surface area contributed by atoms with Crippen LogP contribution in [0.4, 0.5) is 15.8 Å². The minimum absolute atomic E-state index is 0.233. The van der Waals surface area contributed by atoms with Crippen LogP contribution in [-0.4, -0.2) is 19.0 Å². The molecule has 3 aromatic carbocycles. The van der Waals surface area contributed by atoms with Gasteiger partial charge < -0.3 is 10.2 Å². The van der Waals surface area contributed by atoms with E-state index in [1.807, 2.05) is 66.7 Å². The Morgan fingerprint density at radius 3 is 1.96 bits per heavy atom. The zero-order valence-corrected chi connectivity index (χ0v) is 15.6. The van der Waals surface area contributed by atoms with Crippen molar-refractivity contribution in [3.63, 3.8) is 0 Å². The molecule has 1 aliphatic rings. The number of anilines is 2. The summed E-state index contributed by atoms with van der Waals surface area (Å²) in [6, 6.07) is 24.2. The highest BCUT2D eigenvalue weighted by atomic mass is 19.1. The second-order valence-corrected chi connectivity index (χ2v) is 7.07. The van der Waals surface area contributed by atoms with E-state index in [0.29, 0.717) is 0 Å². The summed E-state index contributed by atoms with van der Waals surface area (Å²) in [6.07, 6.45) is 2.17.